The van der Waals surface area contributed by atoms with Crippen LogP contribution in [-0.4, -0.2) is 4.40 Å². The number of aromatic nitrogens is 2. The summed E-state index contributed by atoms with van der Waals surface area (Å²) in [5.41, 5.74) is 9.50. The Morgan fingerprint density at radius 3 is 2.46 bits per heavy atom. The molecule has 3 nitrogen and oxygen atoms in total. The van der Waals surface area contributed by atoms with E-state index in [1.165, 1.54) is 49.4 Å². The Labute approximate surface area is 162 Å². The maximum atomic E-state index is 6.60. The van der Waals surface area contributed by atoms with Crippen molar-refractivity contribution in [3.8, 4) is 11.5 Å². The third kappa shape index (κ3) is 1.76. The van der Waals surface area contributed by atoms with E-state index in [1.54, 1.807) is 0 Å². The van der Waals surface area contributed by atoms with Gasteiger partial charge in [0.05, 0.1) is 22.0 Å². The number of rotatable bonds is 1. The van der Waals surface area contributed by atoms with E-state index in [9.17, 15) is 0 Å². The number of nitrogens with zero attached hydrogens (tertiary/aromatic N) is 2. The smallest absolute Gasteiger partial charge is 0.380 e. The first-order valence-electron chi connectivity index (χ1n) is 9.70. The third-order valence-electron chi connectivity index (χ3n) is 6.23. The van der Waals surface area contributed by atoms with E-state index < -0.39 is 0 Å². The molecular weight excluding hydrogens is 344 g/mol. The van der Waals surface area contributed by atoms with Crippen LogP contribution in [0.1, 0.15) is 16.7 Å². The van der Waals surface area contributed by atoms with Gasteiger partial charge in [0.25, 0.3) is 11.2 Å². The van der Waals surface area contributed by atoms with Crippen molar-refractivity contribution in [3.05, 3.63) is 71.3 Å². The average molecular weight is 365 g/mol. The summed E-state index contributed by atoms with van der Waals surface area (Å²) in [5.74, 6) is 0.912. The predicted octanol–water partition coefficient (Wildman–Crippen LogP) is 5.85. The molecule has 3 aromatic heterocycles. The van der Waals surface area contributed by atoms with Crippen LogP contribution in [0.5, 0.6) is 0 Å². The maximum absolute atomic E-state index is 6.60. The van der Waals surface area contributed by atoms with Gasteiger partial charge < -0.3 is 4.42 Å². The molecule has 0 saturated carbocycles. The highest BCUT2D eigenvalue weighted by atomic mass is 16.4. The van der Waals surface area contributed by atoms with Crippen molar-refractivity contribution in [1.82, 2.24) is 4.40 Å². The lowest BCUT2D eigenvalue weighted by molar-refractivity contribution is -0.636. The summed E-state index contributed by atoms with van der Waals surface area (Å²) in [6.07, 6.45) is 0. The van der Waals surface area contributed by atoms with Crippen LogP contribution in [0, 0.1) is 20.8 Å². The van der Waals surface area contributed by atoms with Crippen LogP contribution in [0.3, 0.4) is 0 Å². The molecule has 0 unspecified atom stereocenters. The fraction of sp³-hybridized carbons (Fsp3) is 0.160. The lowest BCUT2D eigenvalue weighted by Gasteiger charge is -2.05. The van der Waals surface area contributed by atoms with E-state index in [4.69, 9.17) is 4.42 Å². The molecule has 0 radical (unpaired) electrons. The second-order valence-electron chi connectivity index (χ2n) is 7.93. The molecule has 3 heterocycles. The number of hydrogen-bond acceptors (Lipinski definition) is 1. The van der Waals surface area contributed by atoms with Crippen molar-refractivity contribution in [2.45, 2.75) is 20.8 Å². The lowest BCUT2D eigenvalue weighted by atomic mass is 10.00. The molecule has 6 aromatic rings. The molecule has 0 aliphatic rings. The third-order valence-corrected chi connectivity index (χ3v) is 6.23. The molecular formula is C25H21N2O+. The highest BCUT2D eigenvalue weighted by molar-refractivity contribution is 6.21. The molecule has 28 heavy (non-hydrogen) atoms. The van der Waals surface area contributed by atoms with Gasteiger partial charge in [-0.25, -0.2) is 0 Å². The molecule has 3 heteroatoms. The van der Waals surface area contributed by atoms with Gasteiger partial charge in [0, 0.05) is 10.8 Å². The van der Waals surface area contributed by atoms with E-state index in [0.717, 1.165) is 17.1 Å². The number of oxazole rings is 1. The average Bonchev–Trinajstić information content (AvgIpc) is 3.31. The summed E-state index contributed by atoms with van der Waals surface area (Å²) in [6, 6.07) is 19.6. The standard InChI is InChI=1S/C25H21N2O/c1-14-12-15(2)16(3)20(13-14)24-26(4)23-19-10-7-9-18-17-8-5-6-11-21(17)27(22(18)19)25(23)28-24/h5-13H,1-4H3/q+1. The van der Waals surface area contributed by atoms with Crippen molar-refractivity contribution >= 4 is 38.4 Å². The molecule has 0 aliphatic carbocycles. The van der Waals surface area contributed by atoms with E-state index in [-0.39, 0.29) is 0 Å². The Bertz CT molecular complexity index is 1550. The van der Waals surface area contributed by atoms with Crippen LogP contribution in [0.15, 0.2) is 59.0 Å². The molecule has 0 fully saturated rings. The maximum Gasteiger partial charge on any atom is 0.383 e. The SMILES string of the molecule is Cc1cc(C)c(C)c(-c2oc3c(c4cccc5c6ccccc6n3c54)[n+]2C)c1. The van der Waals surface area contributed by atoms with Crippen LogP contribution in [-0.2, 0) is 7.05 Å². The van der Waals surface area contributed by atoms with Crippen molar-refractivity contribution in [2.24, 2.45) is 7.05 Å². The highest BCUT2D eigenvalue weighted by Gasteiger charge is 2.30. The van der Waals surface area contributed by atoms with Crippen LogP contribution in [0.4, 0.5) is 0 Å². The van der Waals surface area contributed by atoms with Crippen molar-refractivity contribution in [1.29, 1.82) is 0 Å². The van der Waals surface area contributed by atoms with Gasteiger partial charge in [-0.3, -0.25) is 4.40 Å². The zero-order valence-electron chi connectivity index (χ0n) is 16.5. The van der Waals surface area contributed by atoms with Crippen LogP contribution < -0.4 is 4.57 Å². The van der Waals surface area contributed by atoms with Gasteiger partial charge in [0.15, 0.2) is 0 Å². The van der Waals surface area contributed by atoms with Gasteiger partial charge in [-0.2, -0.15) is 4.57 Å². The molecule has 136 valence electrons. The molecule has 6 rings (SSSR count). The number of hydrogen-bond donors (Lipinski definition) is 0. The zero-order chi connectivity index (χ0) is 19.2. The van der Waals surface area contributed by atoms with Gasteiger partial charge >= 0.3 is 5.89 Å². The first-order chi connectivity index (χ1) is 13.6. The molecule has 0 aliphatic heterocycles. The Morgan fingerprint density at radius 2 is 1.61 bits per heavy atom. The first kappa shape index (κ1) is 15.7. The van der Waals surface area contributed by atoms with Gasteiger partial charge in [-0.1, -0.05) is 36.4 Å². The Hall–Kier alpha value is -3.33. The summed E-state index contributed by atoms with van der Waals surface area (Å²) in [5, 5.41) is 3.79. The van der Waals surface area contributed by atoms with Gasteiger partial charge in [0.1, 0.15) is 7.05 Å². The highest BCUT2D eigenvalue weighted by Crippen LogP contribution is 2.39. The minimum Gasteiger partial charge on any atom is -0.380 e. The van der Waals surface area contributed by atoms with Crippen molar-refractivity contribution in [2.75, 3.05) is 0 Å². The Kier molecular flexibility index (Phi) is 2.88. The van der Waals surface area contributed by atoms with Gasteiger partial charge in [-0.05, 0) is 55.7 Å². The summed E-state index contributed by atoms with van der Waals surface area (Å²) in [7, 11) is 2.11. The zero-order valence-corrected chi connectivity index (χ0v) is 16.5. The lowest BCUT2D eigenvalue weighted by Crippen LogP contribution is -2.28. The molecule has 0 spiro atoms. The fourth-order valence-corrected chi connectivity index (χ4v) is 4.82. The molecule has 0 amide bonds. The molecule has 0 atom stereocenters. The van der Waals surface area contributed by atoms with Crippen molar-refractivity contribution < 1.29 is 8.98 Å². The summed E-state index contributed by atoms with van der Waals surface area (Å²) >= 11 is 0. The summed E-state index contributed by atoms with van der Waals surface area (Å²) in [4.78, 5) is 0. The summed E-state index contributed by atoms with van der Waals surface area (Å²) in [6.45, 7) is 6.49. The number of fused-ring (bicyclic) bond motifs is 6. The Morgan fingerprint density at radius 1 is 0.857 bits per heavy atom. The van der Waals surface area contributed by atoms with Gasteiger partial charge in [0.2, 0.25) is 0 Å². The van der Waals surface area contributed by atoms with Crippen LogP contribution >= 0.6 is 0 Å². The normalized spacial score (nSPS) is 12.3. The van der Waals surface area contributed by atoms with E-state index >= 15 is 0 Å². The monoisotopic (exact) mass is 365 g/mol. The predicted molar refractivity (Wildman–Crippen MR) is 114 cm³/mol. The van der Waals surface area contributed by atoms with Crippen molar-refractivity contribution in [3.63, 3.8) is 0 Å². The largest absolute Gasteiger partial charge is 0.383 e. The topological polar surface area (TPSA) is 21.4 Å². The van der Waals surface area contributed by atoms with Gasteiger partial charge in [-0.15, -0.1) is 0 Å². The number of aryl methyl sites for hydroxylation is 3. The second-order valence-corrected chi connectivity index (χ2v) is 7.93. The second kappa shape index (κ2) is 5.14. The fourth-order valence-electron chi connectivity index (χ4n) is 4.82. The first-order valence-corrected chi connectivity index (χ1v) is 9.70. The molecule has 0 N–H and O–H groups in total. The Balaban J connectivity index is 1.83. The summed E-state index contributed by atoms with van der Waals surface area (Å²) < 4.78 is 11.1. The number of para-hydroxylation sites is 2. The van der Waals surface area contributed by atoms with E-state index in [1.807, 2.05) is 0 Å². The molecule has 0 saturated heterocycles. The quantitative estimate of drug-likeness (QED) is 0.335. The molecule has 3 aromatic carbocycles. The van der Waals surface area contributed by atoms with E-state index in [2.05, 4.69) is 91.4 Å². The van der Waals surface area contributed by atoms with Crippen LogP contribution in [0.2, 0.25) is 0 Å². The van der Waals surface area contributed by atoms with E-state index in [0.29, 0.717) is 0 Å². The molecule has 0 bridgehead atoms. The minimum atomic E-state index is 0.912. The number of benzene rings is 3. The van der Waals surface area contributed by atoms with Crippen LogP contribution in [0.25, 0.3) is 49.9 Å². The minimum absolute atomic E-state index is 0.912.